The van der Waals surface area contributed by atoms with Crippen LogP contribution in [0.15, 0.2) is 0 Å². The summed E-state index contributed by atoms with van der Waals surface area (Å²) in [5, 5.41) is 0. The van der Waals surface area contributed by atoms with E-state index in [0.29, 0.717) is 0 Å². The van der Waals surface area contributed by atoms with Gasteiger partial charge in [-0.2, -0.15) is 28.8 Å². The monoisotopic (exact) mass is 846 g/mol. The predicted molar refractivity (Wildman–Crippen MR) is 234 cm³/mol. The van der Waals surface area contributed by atoms with Gasteiger partial charge >= 0.3 is 24.4 Å². The molecule has 0 unspecified atom stereocenters. The Morgan fingerprint density at radius 3 is 0.413 bits per heavy atom. The van der Waals surface area contributed by atoms with E-state index in [1.165, 1.54) is 193 Å². The van der Waals surface area contributed by atoms with Crippen LogP contribution in [0.3, 0.4) is 0 Å². The molecule has 0 bridgehead atoms. The molecule has 0 aliphatic heterocycles. The van der Waals surface area contributed by atoms with Gasteiger partial charge in [0.1, 0.15) is 0 Å². The van der Waals surface area contributed by atoms with Crippen molar-refractivity contribution in [2.24, 2.45) is 0 Å². The first-order valence-electron chi connectivity index (χ1n) is 20.0. The van der Waals surface area contributed by atoms with Crippen LogP contribution in [-0.2, 0) is 63.1 Å². The van der Waals surface area contributed by atoms with Crippen LogP contribution in [0.2, 0.25) is 0 Å². The van der Waals surface area contributed by atoms with Gasteiger partial charge in [0.05, 0.1) is 0 Å². The molecule has 0 aliphatic rings. The van der Waals surface area contributed by atoms with Crippen LogP contribution in [0.4, 0.5) is 0 Å². The molecule has 0 atom stereocenters. The van der Waals surface area contributed by atoms with E-state index in [0.717, 1.165) is 28.8 Å². The van der Waals surface area contributed by atoms with Crippen molar-refractivity contribution in [3.8, 4) is 0 Å². The van der Waals surface area contributed by atoms with Gasteiger partial charge in [-0.15, -0.1) is 0 Å². The average molecular weight is 848 g/mol. The molecule has 0 fully saturated rings. The SMILES string of the molecule is CCCCCCCC[S-].CCCCCCCC[S-].CCCCCCCC[S-].CCCCCCCC[S-].CCCCCCCC[S-].[Sb+5]. The fourth-order valence-electron chi connectivity index (χ4n) is 4.41. The van der Waals surface area contributed by atoms with E-state index < -0.39 is 0 Å². The minimum absolute atomic E-state index is 0. The summed E-state index contributed by atoms with van der Waals surface area (Å²) in [5.74, 6) is 4.75. The summed E-state index contributed by atoms with van der Waals surface area (Å²) in [4.78, 5) is 0. The molecular formula is C40H85S5Sb. The second-order valence-corrected chi connectivity index (χ2v) is 14.4. The molecule has 46 heavy (non-hydrogen) atoms. The van der Waals surface area contributed by atoms with E-state index in [1.807, 2.05) is 0 Å². The normalized spacial score (nSPS) is 9.78. The van der Waals surface area contributed by atoms with Crippen molar-refractivity contribution in [3.05, 3.63) is 0 Å². The van der Waals surface area contributed by atoms with Gasteiger partial charge in [-0.1, -0.05) is 227 Å². The molecule has 0 aliphatic carbocycles. The zero-order valence-corrected chi connectivity index (χ0v) is 38.9. The van der Waals surface area contributed by atoms with Crippen molar-refractivity contribution in [2.75, 3.05) is 28.8 Å². The van der Waals surface area contributed by atoms with Crippen molar-refractivity contribution in [1.82, 2.24) is 0 Å². The van der Waals surface area contributed by atoms with Gasteiger partial charge in [-0.25, -0.2) is 0 Å². The van der Waals surface area contributed by atoms with Crippen LogP contribution in [0, 0.1) is 0 Å². The summed E-state index contributed by atoms with van der Waals surface area (Å²) in [5.41, 5.74) is 0. The zero-order chi connectivity index (χ0) is 34.7. The Bertz CT molecular complexity index is 277. The van der Waals surface area contributed by atoms with Gasteiger partial charge in [0.15, 0.2) is 0 Å². The van der Waals surface area contributed by atoms with Crippen molar-refractivity contribution in [3.63, 3.8) is 0 Å². The number of hydrogen-bond donors (Lipinski definition) is 0. The third-order valence-corrected chi connectivity index (χ3v) is 8.93. The maximum absolute atomic E-state index is 4.83. The Morgan fingerprint density at radius 2 is 0.304 bits per heavy atom. The summed E-state index contributed by atoms with van der Waals surface area (Å²) >= 11 is 24.1. The molecule has 0 rings (SSSR count). The first-order chi connectivity index (χ1) is 22.1. The standard InChI is InChI=1S/5C8H18S.Sb/c5*1-2-3-4-5-6-7-8-9;/h5*9H,2-8H2,1H3;/q;;;;;+5/p-5. The van der Waals surface area contributed by atoms with Crippen LogP contribution in [0.5, 0.6) is 0 Å². The van der Waals surface area contributed by atoms with E-state index >= 15 is 0 Å². The number of unbranched alkanes of at least 4 members (excludes halogenated alkanes) is 25. The minimum atomic E-state index is 0. The smallest absolute Gasteiger partial charge is 0.793 e. The van der Waals surface area contributed by atoms with Crippen LogP contribution in [0.1, 0.15) is 227 Å². The van der Waals surface area contributed by atoms with E-state index in [4.69, 9.17) is 63.1 Å². The molecule has 0 amide bonds. The molecule has 0 N–H and O–H groups in total. The van der Waals surface area contributed by atoms with Crippen LogP contribution >= 0.6 is 0 Å². The summed E-state index contributed by atoms with van der Waals surface area (Å²) < 4.78 is 0. The zero-order valence-electron chi connectivity index (χ0n) is 32.2. The largest absolute Gasteiger partial charge is 5.00 e. The Morgan fingerprint density at radius 1 is 0.196 bits per heavy atom. The third kappa shape index (κ3) is 91.2. The Kier molecular flexibility index (Phi) is 96.4. The average Bonchev–Trinajstić information content (AvgIpc) is 3.06. The Labute approximate surface area is 340 Å². The molecule has 0 saturated heterocycles. The first kappa shape index (κ1) is 60.6. The van der Waals surface area contributed by atoms with Crippen molar-refractivity contribution < 1.29 is 0 Å². The summed E-state index contributed by atoms with van der Waals surface area (Å²) in [7, 11) is 0. The van der Waals surface area contributed by atoms with Gasteiger partial charge in [0.2, 0.25) is 0 Å². The Balaban J connectivity index is -0.000000108. The van der Waals surface area contributed by atoms with E-state index in [-0.39, 0.29) is 24.4 Å². The number of hydrogen-bond acceptors (Lipinski definition) is 5. The molecule has 0 aromatic rings. The van der Waals surface area contributed by atoms with Crippen molar-refractivity contribution in [1.29, 1.82) is 0 Å². The molecule has 0 heterocycles. The molecule has 0 aromatic carbocycles. The van der Waals surface area contributed by atoms with Gasteiger partial charge in [0.25, 0.3) is 0 Å². The maximum Gasteiger partial charge on any atom is 5.00 e. The molecule has 0 nitrogen and oxygen atoms in total. The predicted octanol–water partition coefficient (Wildman–Crippen LogP) is 14.1. The molecule has 0 aromatic heterocycles. The van der Waals surface area contributed by atoms with E-state index in [1.54, 1.807) is 0 Å². The summed E-state index contributed by atoms with van der Waals surface area (Å²) in [6.07, 6.45) is 40.7. The van der Waals surface area contributed by atoms with Gasteiger partial charge in [0, 0.05) is 0 Å². The fourth-order valence-corrected chi connectivity index (χ4v) is 5.43. The molecule has 0 saturated carbocycles. The summed E-state index contributed by atoms with van der Waals surface area (Å²) in [6.45, 7) is 11.2. The third-order valence-electron chi connectivity index (χ3n) is 7.49. The Hall–Kier alpha value is 2.57. The molecule has 6 heteroatoms. The van der Waals surface area contributed by atoms with Crippen molar-refractivity contribution >= 4 is 87.6 Å². The van der Waals surface area contributed by atoms with E-state index in [2.05, 4.69) is 34.6 Å². The summed E-state index contributed by atoms with van der Waals surface area (Å²) in [6, 6.07) is 0. The first-order valence-corrected chi connectivity index (χ1v) is 22.9. The van der Waals surface area contributed by atoms with Crippen molar-refractivity contribution in [2.45, 2.75) is 227 Å². The van der Waals surface area contributed by atoms with Gasteiger partial charge < -0.3 is 63.1 Å². The van der Waals surface area contributed by atoms with Crippen LogP contribution in [-0.4, -0.2) is 53.2 Å². The second kappa shape index (κ2) is 73.1. The maximum atomic E-state index is 4.83. The second-order valence-electron chi connectivity index (χ2n) is 12.4. The minimum Gasteiger partial charge on any atom is -0.793 e. The topological polar surface area (TPSA) is 0 Å². The molecule has 0 radical (unpaired) electrons. The van der Waals surface area contributed by atoms with Gasteiger partial charge in [-0.05, 0) is 0 Å². The molecule has 280 valence electrons. The van der Waals surface area contributed by atoms with E-state index in [9.17, 15) is 0 Å². The molecule has 0 spiro atoms. The quantitative estimate of drug-likeness (QED) is 0.0400. The van der Waals surface area contributed by atoms with Crippen LogP contribution < -0.4 is 0 Å². The van der Waals surface area contributed by atoms with Crippen LogP contribution in [0.25, 0.3) is 0 Å². The fraction of sp³-hybridized carbons (Fsp3) is 1.00. The van der Waals surface area contributed by atoms with Gasteiger partial charge in [-0.3, -0.25) is 0 Å². The molecular weight excluding hydrogens is 763 g/mol. The number of rotatable bonds is 30.